The minimum Gasteiger partial charge on any atom is -0.379 e. The average Bonchev–Trinajstić information content (AvgIpc) is 2.92. The fraction of sp³-hybridized carbons (Fsp3) is 0.619. The van der Waals surface area contributed by atoms with Crippen molar-refractivity contribution in [3.05, 3.63) is 28.6 Å². The van der Waals surface area contributed by atoms with Crippen molar-refractivity contribution in [3.8, 4) is 6.07 Å². The van der Waals surface area contributed by atoms with Gasteiger partial charge >= 0.3 is 0 Å². The lowest BCUT2D eigenvalue weighted by molar-refractivity contribution is -0.117. The Kier molecular flexibility index (Phi) is 7.23. The van der Waals surface area contributed by atoms with Gasteiger partial charge in [-0.1, -0.05) is 6.92 Å². The van der Waals surface area contributed by atoms with Gasteiger partial charge in [-0.05, 0) is 51.8 Å². The van der Waals surface area contributed by atoms with Crippen LogP contribution < -0.4 is 5.32 Å². The molecule has 1 fully saturated rings. The van der Waals surface area contributed by atoms with E-state index in [1.807, 2.05) is 13.0 Å². The van der Waals surface area contributed by atoms with Gasteiger partial charge in [0.2, 0.25) is 0 Å². The maximum absolute atomic E-state index is 12.6. The van der Waals surface area contributed by atoms with Gasteiger partial charge in [-0.15, -0.1) is 0 Å². The third-order valence-corrected chi connectivity index (χ3v) is 5.27. The van der Waals surface area contributed by atoms with Crippen LogP contribution in [-0.2, 0) is 16.1 Å². The van der Waals surface area contributed by atoms with E-state index in [-0.39, 0.29) is 17.0 Å². The Morgan fingerprint density at radius 3 is 2.63 bits per heavy atom. The Morgan fingerprint density at radius 1 is 1.37 bits per heavy atom. The number of aromatic nitrogens is 1. The SMILES string of the molecule is CCCn1c(C)cc(C=C(C#N)C(=O)NCC(C)(C)N2CCOCC2)c1C. The molecule has 6 nitrogen and oxygen atoms in total. The van der Waals surface area contributed by atoms with E-state index in [9.17, 15) is 10.1 Å². The van der Waals surface area contributed by atoms with Crippen LogP contribution in [0.4, 0.5) is 0 Å². The van der Waals surface area contributed by atoms with E-state index in [0.29, 0.717) is 19.8 Å². The van der Waals surface area contributed by atoms with E-state index in [4.69, 9.17) is 4.74 Å². The summed E-state index contributed by atoms with van der Waals surface area (Å²) in [7, 11) is 0. The Balaban J connectivity index is 2.08. The molecule has 1 aromatic rings. The van der Waals surface area contributed by atoms with Gasteiger partial charge in [0.25, 0.3) is 5.91 Å². The van der Waals surface area contributed by atoms with Crippen LogP contribution in [0.5, 0.6) is 0 Å². The molecule has 1 aromatic heterocycles. The summed E-state index contributed by atoms with van der Waals surface area (Å²) in [5.41, 5.74) is 3.12. The Labute approximate surface area is 162 Å². The summed E-state index contributed by atoms with van der Waals surface area (Å²) in [6.07, 6.45) is 2.74. The number of morpholine rings is 1. The summed E-state index contributed by atoms with van der Waals surface area (Å²) < 4.78 is 7.62. The van der Waals surface area contributed by atoms with E-state index in [0.717, 1.165) is 43.0 Å². The largest absolute Gasteiger partial charge is 0.379 e. The number of rotatable bonds is 7. The first-order chi connectivity index (χ1) is 12.8. The standard InChI is InChI=1S/C21H32N4O2/c1-6-7-25-16(2)12-18(17(25)3)13-19(14-22)20(26)23-15-21(4,5)24-8-10-27-11-9-24/h12-13H,6-11,15H2,1-5H3,(H,23,26). The number of carbonyl (C=O) groups excluding carboxylic acids is 1. The number of nitrogens with zero attached hydrogens (tertiary/aromatic N) is 3. The molecule has 1 N–H and O–H groups in total. The van der Waals surface area contributed by atoms with Gasteiger partial charge in [-0.3, -0.25) is 9.69 Å². The quantitative estimate of drug-likeness (QED) is 0.590. The number of aryl methyl sites for hydroxylation is 1. The molecule has 6 heteroatoms. The van der Waals surface area contributed by atoms with Crippen LogP contribution in [0.25, 0.3) is 6.08 Å². The predicted octanol–water partition coefficient (Wildman–Crippen LogP) is 2.65. The third kappa shape index (κ3) is 5.21. The van der Waals surface area contributed by atoms with Gasteiger partial charge in [-0.25, -0.2) is 0 Å². The molecule has 0 atom stereocenters. The summed E-state index contributed by atoms with van der Waals surface area (Å²) in [4.78, 5) is 14.9. The van der Waals surface area contributed by atoms with E-state index in [1.54, 1.807) is 6.08 Å². The van der Waals surface area contributed by atoms with E-state index in [2.05, 4.69) is 48.5 Å². The first-order valence-electron chi connectivity index (χ1n) is 9.69. The Hall–Kier alpha value is -2.10. The first-order valence-corrected chi connectivity index (χ1v) is 9.69. The summed E-state index contributed by atoms with van der Waals surface area (Å²) in [6, 6.07) is 4.10. The molecule has 1 saturated heterocycles. The number of amides is 1. The van der Waals surface area contributed by atoms with E-state index < -0.39 is 0 Å². The zero-order valence-corrected chi connectivity index (χ0v) is 17.3. The van der Waals surface area contributed by atoms with E-state index in [1.165, 1.54) is 0 Å². The molecule has 1 amide bonds. The van der Waals surface area contributed by atoms with Crippen molar-refractivity contribution in [1.82, 2.24) is 14.8 Å². The fourth-order valence-electron chi connectivity index (χ4n) is 3.52. The second kappa shape index (κ2) is 9.20. The average molecular weight is 373 g/mol. The fourth-order valence-corrected chi connectivity index (χ4v) is 3.52. The number of ether oxygens (including phenoxy) is 1. The van der Waals surface area contributed by atoms with Crippen LogP contribution in [0.15, 0.2) is 11.6 Å². The molecule has 2 heterocycles. The number of hydrogen-bond donors (Lipinski definition) is 1. The lowest BCUT2D eigenvalue weighted by Crippen LogP contribution is -2.55. The summed E-state index contributed by atoms with van der Waals surface area (Å²) in [5.74, 6) is -0.320. The zero-order chi connectivity index (χ0) is 20.0. The molecule has 1 aliphatic rings. The van der Waals surface area contributed by atoms with Crippen molar-refractivity contribution in [3.63, 3.8) is 0 Å². The first kappa shape index (κ1) is 21.2. The number of carbonyl (C=O) groups is 1. The number of nitrogens with one attached hydrogen (secondary N) is 1. The molecule has 0 bridgehead atoms. The highest BCUT2D eigenvalue weighted by molar-refractivity contribution is 6.01. The molecular formula is C21H32N4O2. The molecule has 0 aromatic carbocycles. The smallest absolute Gasteiger partial charge is 0.262 e. The second-order valence-corrected chi connectivity index (χ2v) is 7.74. The Bertz CT molecular complexity index is 734. The second-order valence-electron chi connectivity index (χ2n) is 7.74. The van der Waals surface area contributed by atoms with Crippen LogP contribution in [0, 0.1) is 25.2 Å². The van der Waals surface area contributed by atoms with Gasteiger partial charge in [0, 0.05) is 43.1 Å². The molecule has 0 spiro atoms. The van der Waals surface area contributed by atoms with Gasteiger partial charge < -0.3 is 14.6 Å². The van der Waals surface area contributed by atoms with Crippen molar-refractivity contribution >= 4 is 12.0 Å². The van der Waals surface area contributed by atoms with Gasteiger partial charge in [-0.2, -0.15) is 5.26 Å². The monoisotopic (exact) mass is 372 g/mol. The molecule has 0 unspecified atom stereocenters. The molecule has 27 heavy (non-hydrogen) atoms. The van der Waals surface area contributed by atoms with Gasteiger partial charge in [0.1, 0.15) is 11.6 Å². The lowest BCUT2D eigenvalue weighted by Gasteiger charge is -2.40. The molecule has 0 saturated carbocycles. The molecule has 0 radical (unpaired) electrons. The van der Waals surface area contributed by atoms with Gasteiger partial charge in [0.15, 0.2) is 0 Å². The normalized spacial score (nSPS) is 16.2. The van der Waals surface area contributed by atoms with Crippen molar-refractivity contribution in [2.75, 3.05) is 32.8 Å². The Morgan fingerprint density at radius 2 is 2.04 bits per heavy atom. The van der Waals surface area contributed by atoms with Crippen LogP contribution in [-0.4, -0.2) is 53.8 Å². The van der Waals surface area contributed by atoms with Crippen LogP contribution >= 0.6 is 0 Å². The summed E-state index contributed by atoms with van der Waals surface area (Å²) >= 11 is 0. The van der Waals surface area contributed by atoms with Crippen molar-refractivity contribution < 1.29 is 9.53 Å². The molecule has 2 rings (SSSR count). The molecular weight excluding hydrogens is 340 g/mol. The highest BCUT2D eigenvalue weighted by atomic mass is 16.5. The molecule has 1 aliphatic heterocycles. The number of nitriles is 1. The third-order valence-electron chi connectivity index (χ3n) is 5.27. The lowest BCUT2D eigenvalue weighted by atomic mass is 10.0. The zero-order valence-electron chi connectivity index (χ0n) is 17.3. The predicted molar refractivity (Wildman–Crippen MR) is 107 cm³/mol. The highest BCUT2D eigenvalue weighted by Gasteiger charge is 2.29. The van der Waals surface area contributed by atoms with Crippen LogP contribution in [0.2, 0.25) is 0 Å². The van der Waals surface area contributed by atoms with Gasteiger partial charge in [0.05, 0.1) is 13.2 Å². The minimum atomic E-state index is -0.320. The maximum Gasteiger partial charge on any atom is 0.262 e. The minimum absolute atomic E-state index is 0.143. The van der Waals surface area contributed by atoms with Crippen molar-refractivity contribution in [1.29, 1.82) is 5.26 Å². The topological polar surface area (TPSA) is 70.3 Å². The molecule has 0 aliphatic carbocycles. The van der Waals surface area contributed by atoms with Crippen molar-refractivity contribution in [2.24, 2.45) is 0 Å². The molecule has 148 valence electrons. The van der Waals surface area contributed by atoms with Crippen LogP contribution in [0.1, 0.15) is 44.1 Å². The summed E-state index contributed by atoms with van der Waals surface area (Å²) in [5, 5.41) is 12.4. The maximum atomic E-state index is 12.6. The highest BCUT2D eigenvalue weighted by Crippen LogP contribution is 2.19. The number of hydrogen-bond acceptors (Lipinski definition) is 4. The van der Waals surface area contributed by atoms with E-state index >= 15 is 0 Å². The van der Waals surface area contributed by atoms with Crippen LogP contribution in [0.3, 0.4) is 0 Å². The summed E-state index contributed by atoms with van der Waals surface area (Å²) in [6.45, 7) is 15.0. The van der Waals surface area contributed by atoms with Crippen molar-refractivity contribution in [2.45, 2.75) is 53.1 Å².